The van der Waals surface area contributed by atoms with Crippen molar-refractivity contribution in [2.75, 3.05) is 23.7 Å². The zero-order chi connectivity index (χ0) is 27.3. The number of carbonyl (C=O) groups excluding carboxylic acids is 3. The first-order valence-electron chi connectivity index (χ1n) is 12.3. The highest BCUT2D eigenvalue weighted by Gasteiger charge is 2.28. The molecule has 0 saturated carbocycles. The summed E-state index contributed by atoms with van der Waals surface area (Å²) in [4.78, 5) is 47.8. The molecule has 1 saturated heterocycles. The van der Waals surface area contributed by atoms with Crippen LogP contribution in [0.5, 0.6) is 0 Å². The van der Waals surface area contributed by atoms with Gasteiger partial charge in [0.05, 0.1) is 22.4 Å². The third-order valence-corrected chi connectivity index (χ3v) is 8.15. The predicted octanol–water partition coefficient (Wildman–Crippen LogP) is 5.34. The van der Waals surface area contributed by atoms with Crippen LogP contribution >= 0.6 is 23.1 Å². The molecule has 3 heterocycles. The second kappa shape index (κ2) is 12.0. The van der Waals surface area contributed by atoms with Gasteiger partial charge in [0, 0.05) is 35.7 Å². The Morgan fingerprint density at radius 1 is 1.18 bits per heavy atom. The van der Waals surface area contributed by atoms with E-state index in [1.165, 1.54) is 17.4 Å². The minimum Gasteiger partial charge on any atom is -0.444 e. The average Bonchev–Trinajstić information content (AvgIpc) is 3.57. The third kappa shape index (κ3) is 7.11. The van der Waals surface area contributed by atoms with Gasteiger partial charge in [-0.2, -0.15) is 0 Å². The summed E-state index contributed by atoms with van der Waals surface area (Å²) in [5.41, 5.74) is 0.935. The number of likely N-dealkylation sites (tertiary alicyclic amines) is 1. The topological polar surface area (TPSA) is 117 Å². The van der Waals surface area contributed by atoms with Gasteiger partial charge in [-0.15, -0.1) is 11.8 Å². The fourth-order valence-corrected chi connectivity index (χ4v) is 5.63. The van der Waals surface area contributed by atoms with Crippen LogP contribution in [-0.2, 0) is 20.8 Å². The highest BCUT2D eigenvalue weighted by molar-refractivity contribution is 8.00. The van der Waals surface area contributed by atoms with Crippen LogP contribution in [0.1, 0.15) is 55.6 Å². The van der Waals surface area contributed by atoms with Crippen molar-refractivity contribution in [2.45, 2.75) is 49.0 Å². The number of amides is 3. The summed E-state index contributed by atoms with van der Waals surface area (Å²) in [7, 11) is 0. The number of nitrogens with zero attached hydrogens (tertiary/aromatic N) is 3. The van der Waals surface area contributed by atoms with Gasteiger partial charge in [0.1, 0.15) is 5.76 Å². The van der Waals surface area contributed by atoms with Crippen molar-refractivity contribution in [1.29, 1.82) is 0 Å². The predicted molar refractivity (Wildman–Crippen MR) is 149 cm³/mol. The maximum atomic E-state index is 13.0. The van der Waals surface area contributed by atoms with E-state index < -0.39 is 0 Å². The molecule has 0 unspecified atom stereocenters. The highest BCUT2D eigenvalue weighted by atomic mass is 32.2. The lowest BCUT2D eigenvalue weighted by Crippen LogP contribution is -2.41. The first-order valence-corrected chi connectivity index (χ1v) is 14.1. The molecule has 4 rings (SSSR count). The van der Waals surface area contributed by atoms with Crippen molar-refractivity contribution >= 4 is 51.6 Å². The number of nitrogens with one attached hydrogen (secondary N) is 2. The Balaban J connectivity index is 1.25. The average molecular weight is 554 g/mol. The van der Waals surface area contributed by atoms with E-state index in [1.54, 1.807) is 53.3 Å². The van der Waals surface area contributed by atoms with Gasteiger partial charge >= 0.3 is 0 Å². The van der Waals surface area contributed by atoms with E-state index in [1.807, 2.05) is 0 Å². The molecule has 11 heteroatoms. The SMILES string of the molecule is C=CC(=O)Nc1cccc(C(=O)N2CCC(C(=O)Nc3ncc(SCc4ncc(C(C)(C)C)o4)s3)CC2)c1. The Labute approximate surface area is 230 Å². The Bertz CT molecular complexity index is 1320. The van der Waals surface area contributed by atoms with Gasteiger partial charge in [-0.3, -0.25) is 14.4 Å². The number of hydrogen-bond donors (Lipinski definition) is 2. The normalized spacial score (nSPS) is 14.2. The number of hydrogen-bond acceptors (Lipinski definition) is 8. The molecule has 3 aromatic rings. The van der Waals surface area contributed by atoms with Gasteiger partial charge in [0.15, 0.2) is 5.13 Å². The molecular weight excluding hydrogens is 522 g/mol. The Hall–Kier alpha value is -3.44. The van der Waals surface area contributed by atoms with Crippen LogP contribution in [-0.4, -0.2) is 45.7 Å². The van der Waals surface area contributed by atoms with E-state index in [0.29, 0.717) is 54.0 Å². The van der Waals surface area contributed by atoms with Crippen molar-refractivity contribution in [2.24, 2.45) is 5.92 Å². The molecule has 1 fully saturated rings. The zero-order valence-electron chi connectivity index (χ0n) is 21.7. The quantitative estimate of drug-likeness (QED) is 0.286. The second-order valence-corrected chi connectivity index (χ2v) is 12.3. The van der Waals surface area contributed by atoms with Crippen LogP contribution in [0.15, 0.2) is 57.9 Å². The Morgan fingerprint density at radius 3 is 2.63 bits per heavy atom. The largest absolute Gasteiger partial charge is 0.444 e. The number of thiazole rings is 1. The van der Waals surface area contributed by atoms with Gasteiger partial charge in [-0.25, -0.2) is 9.97 Å². The van der Waals surface area contributed by atoms with Crippen LogP contribution in [0.25, 0.3) is 0 Å². The van der Waals surface area contributed by atoms with Crippen molar-refractivity contribution in [1.82, 2.24) is 14.9 Å². The molecule has 9 nitrogen and oxygen atoms in total. The zero-order valence-corrected chi connectivity index (χ0v) is 23.3. The van der Waals surface area contributed by atoms with E-state index in [2.05, 4.69) is 48.0 Å². The van der Waals surface area contributed by atoms with Crippen LogP contribution < -0.4 is 10.6 Å². The molecule has 38 heavy (non-hydrogen) atoms. The summed E-state index contributed by atoms with van der Waals surface area (Å²) in [5.74, 6) is 1.36. The maximum Gasteiger partial charge on any atom is 0.253 e. The fraction of sp³-hybridized carbons (Fsp3) is 0.370. The molecule has 2 aromatic heterocycles. The first kappa shape index (κ1) is 27.6. The van der Waals surface area contributed by atoms with Crippen molar-refractivity contribution in [3.8, 4) is 0 Å². The number of carbonyl (C=O) groups is 3. The fourth-order valence-electron chi connectivity index (χ4n) is 3.90. The smallest absolute Gasteiger partial charge is 0.253 e. The molecule has 0 aliphatic carbocycles. The van der Waals surface area contributed by atoms with Gasteiger partial charge in [-0.1, -0.05) is 44.8 Å². The molecule has 1 aliphatic rings. The summed E-state index contributed by atoms with van der Waals surface area (Å²) in [6.07, 6.45) is 5.82. The molecule has 0 spiro atoms. The monoisotopic (exact) mass is 553 g/mol. The molecular formula is C27H31N5O4S2. The van der Waals surface area contributed by atoms with Crippen molar-refractivity contribution in [3.63, 3.8) is 0 Å². The lowest BCUT2D eigenvalue weighted by atomic mass is 9.94. The lowest BCUT2D eigenvalue weighted by Gasteiger charge is -2.31. The molecule has 3 amide bonds. The molecule has 2 N–H and O–H groups in total. The number of piperidine rings is 1. The van der Waals surface area contributed by atoms with E-state index in [0.717, 1.165) is 9.97 Å². The summed E-state index contributed by atoms with van der Waals surface area (Å²) >= 11 is 2.98. The Kier molecular flexibility index (Phi) is 8.68. The summed E-state index contributed by atoms with van der Waals surface area (Å²) in [5, 5.41) is 6.14. The van der Waals surface area contributed by atoms with E-state index in [9.17, 15) is 14.4 Å². The summed E-state index contributed by atoms with van der Waals surface area (Å²) in [6.45, 7) is 10.6. The standard InChI is InChI=1S/C27H31N5O4S2/c1-5-21(33)30-19-8-6-7-18(13-19)25(35)32-11-9-17(10-12-32)24(34)31-26-29-15-23(38-26)37-16-22-28-14-20(36-22)27(2,3)4/h5-8,13-15,17H,1,9-12,16H2,2-4H3,(H,30,33)(H,29,31,34). The first-order chi connectivity index (χ1) is 18.1. The van der Waals surface area contributed by atoms with E-state index in [-0.39, 0.29) is 29.1 Å². The number of thioether (sulfide) groups is 1. The van der Waals surface area contributed by atoms with Crippen molar-refractivity contribution < 1.29 is 18.8 Å². The van der Waals surface area contributed by atoms with E-state index >= 15 is 0 Å². The van der Waals surface area contributed by atoms with Gasteiger partial charge in [-0.05, 0) is 37.1 Å². The maximum absolute atomic E-state index is 13.0. The van der Waals surface area contributed by atoms with Crippen LogP contribution in [0.2, 0.25) is 0 Å². The van der Waals surface area contributed by atoms with E-state index in [4.69, 9.17) is 4.42 Å². The second-order valence-electron chi connectivity index (χ2n) is 9.97. The Morgan fingerprint density at radius 2 is 1.95 bits per heavy atom. The highest BCUT2D eigenvalue weighted by Crippen LogP contribution is 2.32. The summed E-state index contributed by atoms with van der Waals surface area (Å²) < 4.78 is 6.80. The van der Waals surface area contributed by atoms with Crippen LogP contribution in [0.4, 0.5) is 10.8 Å². The van der Waals surface area contributed by atoms with Crippen molar-refractivity contribution in [3.05, 3.63) is 66.5 Å². The minimum atomic E-state index is -0.336. The van der Waals surface area contributed by atoms with Crippen LogP contribution in [0, 0.1) is 5.92 Å². The molecule has 1 aliphatic heterocycles. The van der Waals surface area contributed by atoms with Gasteiger partial charge in [0.2, 0.25) is 17.7 Å². The lowest BCUT2D eigenvalue weighted by molar-refractivity contribution is -0.121. The number of benzene rings is 1. The molecule has 0 radical (unpaired) electrons. The van der Waals surface area contributed by atoms with Gasteiger partial charge in [0.25, 0.3) is 5.91 Å². The van der Waals surface area contributed by atoms with Gasteiger partial charge < -0.3 is 20.0 Å². The number of oxazole rings is 1. The van der Waals surface area contributed by atoms with Crippen LogP contribution in [0.3, 0.4) is 0 Å². The third-order valence-electron chi connectivity index (χ3n) is 6.06. The molecule has 0 atom stereocenters. The molecule has 0 bridgehead atoms. The molecule has 200 valence electrons. The number of rotatable bonds is 8. The minimum absolute atomic E-state index is 0.0837. The molecule has 1 aromatic carbocycles. The summed E-state index contributed by atoms with van der Waals surface area (Å²) in [6, 6.07) is 6.80. The number of aromatic nitrogens is 2. The number of anilines is 2.